The summed E-state index contributed by atoms with van der Waals surface area (Å²) in [6, 6.07) is 1.91. The molecule has 6 heteroatoms. The molecular formula is C10H13Cl2N3O. The number of amides is 1. The zero-order valence-electron chi connectivity index (χ0n) is 8.65. The number of nitrogens with one attached hydrogen (secondary N) is 3. The van der Waals surface area contributed by atoms with Gasteiger partial charge in [0.05, 0.1) is 5.02 Å². The molecule has 3 N–H and O–H groups in total. The van der Waals surface area contributed by atoms with Crippen LogP contribution in [0.4, 0.5) is 0 Å². The van der Waals surface area contributed by atoms with E-state index in [9.17, 15) is 4.79 Å². The molecule has 1 aliphatic heterocycles. The molecule has 1 saturated heterocycles. The predicted octanol–water partition coefficient (Wildman–Crippen LogP) is 1.80. The largest absolute Gasteiger partial charge is 0.349 e. The molecule has 1 atom stereocenters. The Kier molecular flexibility index (Phi) is 3.74. The van der Waals surface area contributed by atoms with Crippen molar-refractivity contribution in [2.45, 2.75) is 18.9 Å². The van der Waals surface area contributed by atoms with Crippen molar-refractivity contribution in [3.05, 3.63) is 21.9 Å². The lowest BCUT2D eigenvalue weighted by atomic mass is 10.2. The van der Waals surface area contributed by atoms with E-state index in [0.29, 0.717) is 28.5 Å². The number of aromatic nitrogens is 1. The molecule has 1 aromatic rings. The first-order valence-corrected chi connectivity index (χ1v) is 5.98. The van der Waals surface area contributed by atoms with Crippen LogP contribution in [-0.4, -0.2) is 30.0 Å². The van der Waals surface area contributed by atoms with Crippen LogP contribution in [-0.2, 0) is 0 Å². The van der Waals surface area contributed by atoms with Crippen molar-refractivity contribution < 1.29 is 4.79 Å². The quantitative estimate of drug-likeness (QED) is 0.778. The standard InChI is InChI=1S/C10H13Cl2N3O/c11-7-4-8(15-9(7)12)10(16)14-5-6-2-1-3-13-6/h4,6,13,15H,1-3,5H2,(H,14,16)/t6-/m0/s1. The highest BCUT2D eigenvalue weighted by Crippen LogP contribution is 2.21. The highest BCUT2D eigenvalue weighted by Gasteiger charge is 2.16. The minimum atomic E-state index is -0.178. The number of halogens is 2. The first-order valence-electron chi connectivity index (χ1n) is 5.22. The third-order valence-corrected chi connectivity index (χ3v) is 3.33. The van der Waals surface area contributed by atoms with Crippen molar-refractivity contribution in [3.63, 3.8) is 0 Å². The Morgan fingerprint density at radius 2 is 2.38 bits per heavy atom. The molecule has 0 aromatic carbocycles. The minimum absolute atomic E-state index is 0.178. The van der Waals surface area contributed by atoms with E-state index in [0.717, 1.165) is 13.0 Å². The molecule has 2 heterocycles. The molecule has 2 rings (SSSR count). The third kappa shape index (κ3) is 2.70. The molecule has 4 nitrogen and oxygen atoms in total. The Balaban J connectivity index is 1.87. The number of carbonyl (C=O) groups is 1. The predicted molar refractivity (Wildman–Crippen MR) is 64.2 cm³/mol. The fourth-order valence-corrected chi connectivity index (χ4v) is 2.08. The average Bonchev–Trinajstić information content (AvgIpc) is 2.86. The van der Waals surface area contributed by atoms with E-state index in [4.69, 9.17) is 23.2 Å². The first-order chi connectivity index (χ1) is 7.66. The Labute approximate surface area is 104 Å². The molecular weight excluding hydrogens is 249 g/mol. The summed E-state index contributed by atoms with van der Waals surface area (Å²) in [5.74, 6) is -0.178. The zero-order chi connectivity index (χ0) is 11.5. The van der Waals surface area contributed by atoms with E-state index in [1.54, 1.807) is 0 Å². The van der Waals surface area contributed by atoms with Gasteiger partial charge in [0.2, 0.25) is 0 Å². The van der Waals surface area contributed by atoms with Crippen molar-refractivity contribution in [3.8, 4) is 0 Å². The summed E-state index contributed by atoms with van der Waals surface area (Å²) in [7, 11) is 0. The second-order valence-corrected chi connectivity index (χ2v) is 4.63. The molecule has 16 heavy (non-hydrogen) atoms. The topological polar surface area (TPSA) is 56.9 Å². The molecule has 1 fully saturated rings. The van der Waals surface area contributed by atoms with Gasteiger partial charge in [-0.2, -0.15) is 0 Å². The van der Waals surface area contributed by atoms with Crippen molar-refractivity contribution in [2.75, 3.05) is 13.1 Å². The van der Waals surface area contributed by atoms with Gasteiger partial charge in [-0.3, -0.25) is 4.79 Å². The Bertz CT molecular complexity index is 366. The van der Waals surface area contributed by atoms with Gasteiger partial charge in [-0.05, 0) is 25.5 Å². The van der Waals surface area contributed by atoms with Crippen molar-refractivity contribution in [1.82, 2.24) is 15.6 Å². The van der Waals surface area contributed by atoms with Crippen LogP contribution in [0.3, 0.4) is 0 Å². The van der Waals surface area contributed by atoms with Crippen LogP contribution in [0, 0.1) is 0 Å². The van der Waals surface area contributed by atoms with E-state index in [2.05, 4.69) is 15.6 Å². The van der Waals surface area contributed by atoms with Crippen LogP contribution in [0.1, 0.15) is 23.3 Å². The van der Waals surface area contributed by atoms with Gasteiger partial charge in [0, 0.05) is 12.6 Å². The summed E-state index contributed by atoms with van der Waals surface area (Å²) in [4.78, 5) is 14.4. The zero-order valence-corrected chi connectivity index (χ0v) is 10.2. The second kappa shape index (κ2) is 5.08. The van der Waals surface area contributed by atoms with E-state index in [1.165, 1.54) is 12.5 Å². The summed E-state index contributed by atoms with van der Waals surface area (Å²) < 4.78 is 0. The van der Waals surface area contributed by atoms with Crippen LogP contribution in [0.25, 0.3) is 0 Å². The van der Waals surface area contributed by atoms with Gasteiger partial charge in [-0.1, -0.05) is 23.2 Å². The summed E-state index contributed by atoms with van der Waals surface area (Å²) in [5, 5.41) is 6.80. The van der Waals surface area contributed by atoms with E-state index < -0.39 is 0 Å². The molecule has 0 spiro atoms. The summed E-state index contributed by atoms with van der Waals surface area (Å²) >= 11 is 11.5. The highest BCUT2D eigenvalue weighted by molar-refractivity contribution is 6.41. The maximum atomic E-state index is 11.7. The molecule has 1 amide bonds. The molecule has 0 saturated carbocycles. The van der Waals surface area contributed by atoms with E-state index >= 15 is 0 Å². The van der Waals surface area contributed by atoms with Gasteiger partial charge < -0.3 is 15.6 Å². The maximum absolute atomic E-state index is 11.7. The molecule has 88 valence electrons. The smallest absolute Gasteiger partial charge is 0.267 e. The number of hydrogen-bond acceptors (Lipinski definition) is 2. The van der Waals surface area contributed by atoms with Gasteiger partial charge in [-0.25, -0.2) is 0 Å². The van der Waals surface area contributed by atoms with Crippen LogP contribution in [0.15, 0.2) is 6.07 Å². The summed E-state index contributed by atoms with van der Waals surface area (Å²) in [5.41, 5.74) is 0.396. The Morgan fingerprint density at radius 3 is 2.94 bits per heavy atom. The number of hydrogen-bond donors (Lipinski definition) is 3. The first kappa shape index (κ1) is 11.8. The van der Waals surface area contributed by atoms with Gasteiger partial charge >= 0.3 is 0 Å². The molecule has 0 unspecified atom stereocenters. The number of carbonyl (C=O) groups excluding carboxylic acids is 1. The fraction of sp³-hybridized carbons (Fsp3) is 0.500. The van der Waals surface area contributed by atoms with Gasteiger partial charge in [0.15, 0.2) is 0 Å². The van der Waals surface area contributed by atoms with Crippen LogP contribution >= 0.6 is 23.2 Å². The molecule has 0 bridgehead atoms. The average molecular weight is 262 g/mol. The lowest BCUT2D eigenvalue weighted by Crippen LogP contribution is -2.37. The third-order valence-electron chi connectivity index (χ3n) is 2.64. The number of rotatable bonds is 3. The number of aromatic amines is 1. The SMILES string of the molecule is O=C(NC[C@@H]1CCCN1)c1cc(Cl)c(Cl)[nH]1. The van der Waals surface area contributed by atoms with E-state index in [-0.39, 0.29) is 5.91 Å². The van der Waals surface area contributed by atoms with Gasteiger partial charge in [0.25, 0.3) is 5.91 Å². The van der Waals surface area contributed by atoms with Crippen molar-refractivity contribution in [1.29, 1.82) is 0 Å². The normalized spacial score (nSPS) is 20.0. The Hall–Kier alpha value is -0.710. The fourth-order valence-electron chi connectivity index (χ4n) is 1.77. The minimum Gasteiger partial charge on any atom is -0.349 e. The molecule has 1 aliphatic rings. The van der Waals surface area contributed by atoms with E-state index in [1.807, 2.05) is 0 Å². The van der Waals surface area contributed by atoms with Crippen molar-refractivity contribution in [2.24, 2.45) is 0 Å². The van der Waals surface area contributed by atoms with Crippen molar-refractivity contribution >= 4 is 29.1 Å². The molecule has 0 aliphatic carbocycles. The Morgan fingerprint density at radius 1 is 1.56 bits per heavy atom. The second-order valence-electron chi connectivity index (χ2n) is 3.85. The van der Waals surface area contributed by atoms with Crippen LogP contribution < -0.4 is 10.6 Å². The van der Waals surface area contributed by atoms with Crippen LogP contribution in [0.5, 0.6) is 0 Å². The molecule has 0 radical (unpaired) electrons. The summed E-state index contributed by atoms with van der Waals surface area (Å²) in [6.45, 7) is 1.66. The lowest BCUT2D eigenvalue weighted by molar-refractivity contribution is 0.0946. The monoisotopic (exact) mass is 261 g/mol. The summed E-state index contributed by atoms with van der Waals surface area (Å²) in [6.07, 6.45) is 2.27. The number of H-pyrrole nitrogens is 1. The highest BCUT2D eigenvalue weighted by atomic mass is 35.5. The lowest BCUT2D eigenvalue weighted by Gasteiger charge is -2.10. The molecule has 1 aromatic heterocycles. The van der Waals surface area contributed by atoms with Crippen LogP contribution in [0.2, 0.25) is 10.2 Å². The van der Waals surface area contributed by atoms with Gasteiger partial charge in [0.1, 0.15) is 10.8 Å². The van der Waals surface area contributed by atoms with Gasteiger partial charge in [-0.15, -0.1) is 0 Å². The maximum Gasteiger partial charge on any atom is 0.267 e.